The summed E-state index contributed by atoms with van der Waals surface area (Å²) >= 11 is 1.62. The van der Waals surface area contributed by atoms with Crippen LogP contribution in [0.2, 0.25) is 0 Å². The number of thioether (sulfide) groups is 1. The third-order valence-electron chi connectivity index (χ3n) is 4.19. The molecule has 1 atom stereocenters. The summed E-state index contributed by atoms with van der Waals surface area (Å²) in [6, 6.07) is 8.76. The third kappa shape index (κ3) is 3.28. The Labute approximate surface area is 126 Å². The second-order valence-electron chi connectivity index (χ2n) is 5.97. The van der Waals surface area contributed by atoms with E-state index < -0.39 is 0 Å². The van der Waals surface area contributed by atoms with Crippen LogP contribution in [0.4, 0.5) is 5.69 Å². The lowest BCUT2D eigenvalue weighted by molar-refractivity contribution is 0.188. The molecule has 1 aliphatic heterocycles. The van der Waals surface area contributed by atoms with E-state index in [1.807, 2.05) is 24.5 Å². The van der Waals surface area contributed by atoms with E-state index in [4.69, 9.17) is 0 Å². The van der Waals surface area contributed by atoms with Crippen molar-refractivity contribution in [2.45, 2.75) is 37.6 Å². The first-order valence-corrected chi connectivity index (χ1v) is 8.35. The summed E-state index contributed by atoms with van der Waals surface area (Å²) in [5.41, 5.74) is 2.01. The predicted octanol–water partition coefficient (Wildman–Crippen LogP) is 3.47. The molecule has 3 nitrogen and oxygen atoms in total. The third-order valence-corrected chi connectivity index (χ3v) is 4.97. The zero-order valence-electron chi connectivity index (χ0n) is 12.5. The van der Waals surface area contributed by atoms with Gasteiger partial charge in [-0.15, -0.1) is 11.8 Å². The molecule has 0 aromatic heterocycles. The minimum atomic E-state index is 0.301. The van der Waals surface area contributed by atoms with Crippen LogP contribution in [0.5, 0.6) is 0 Å². The number of hydrogen-bond donors (Lipinski definition) is 2. The summed E-state index contributed by atoms with van der Waals surface area (Å²) in [5, 5.41) is 16.4. The van der Waals surface area contributed by atoms with Gasteiger partial charge in [0.1, 0.15) is 6.07 Å². The van der Waals surface area contributed by atoms with E-state index in [2.05, 4.69) is 30.6 Å². The predicted molar refractivity (Wildman–Crippen MR) is 86.2 cm³/mol. The lowest BCUT2D eigenvalue weighted by atomic mass is 9.77. The molecular weight excluding hydrogens is 266 g/mol. The molecule has 1 fully saturated rings. The summed E-state index contributed by atoms with van der Waals surface area (Å²) < 4.78 is 0. The maximum absolute atomic E-state index is 9.35. The molecule has 0 saturated carbocycles. The highest BCUT2D eigenvalue weighted by Gasteiger charge is 2.31. The zero-order valence-corrected chi connectivity index (χ0v) is 13.3. The molecule has 1 aromatic carbocycles. The highest BCUT2D eigenvalue weighted by molar-refractivity contribution is 7.98. The average Bonchev–Trinajstić information content (AvgIpc) is 2.45. The standard InChI is InChI=1S/C16H23N3S/c1-16(2)8-5-9-18-15(16)11-19-13-6-4-7-14(20-3)12(13)10-17/h4,6-7,15,18-19H,5,8-9,11H2,1-3H3. The SMILES string of the molecule is CSc1cccc(NCC2NCCCC2(C)C)c1C#N. The van der Waals surface area contributed by atoms with Gasteiger partial charge in [0.05, 0.1) is 11.3 Å². The van der Waals surface area contributed by atoms with Crippen LogP contribution in [0.25, 0.3) is 0 Å². The molecule has 20 heavy (non-hydrogen) atoms. The summed E-state index contributed by atoms with van der Waals surface area (Å²) in [5.74, 6) is 0. The molecule has 0 bridgehead atoms. The molecule has 0 spiro atoms. The number of anilines is 1. The molecule has 1 aromatic rings. The van der Waals surface area contributed by atoms with Crippen LogP contribution in [0.15, 0.2) is 23.1 Å². The summed E-state index contributed by atoms with van der Waals surface area (Å²) in [7, 11) is 0. The van der Waals surface area contributed by atoms with Crippen molar-refractivity contribution in [2.75, 3.05) is 24.7 Å². The molecule has 2 rings (SSSR count). The second-order valence-corrected chi connectivity index (χ2v) is 6.82. The molecule has 2 N–H and O–H groups in total. The molecule has 0 aliphatic carbocycles. The van der Waals surface area contributed by atoms with Gasteiger partial charge in [-0.1, -0.05) is 19.9 Å². The van der Waals surface area contributed by atoms with E-state index in [1.54, 1.807) is 11.8 Å². The number of nitriles is 1. The molecule has 1 aliphatic rings. The van der Waals surface area contributed by atoms with Crippen LogP contribution in [0, 0.1) is 16.7 Å². The first kappa shape index (κ1) is 15.2. The van der Waals surface area contributed by atoms with E-state index in [0.717, 1.165) is 29.2 Å². The van der Waals surface area contributed by atoms with Gasteiger partial charge >= 0.3 is 0 Å². The van der Waals surface area contributed by atoms with Gasteiger partial charge in [-0.25, -0.2) is 0 Å². The molecule has 108 valence electrons. The Kier molecular flexibility index (Phi) is 4.95. The number of nitrogens with zero attached hydrogens (tertiary/aromatic N) is 1. The topological polar surface area (TPSA) is 47.8 Å². The first-order chi connectivity index (χ1) is 9.58. The maximum Gasteiger partial charge on any atom is 0.102 e. The molecule has 1 unspecified atom stereocenters. The van der Waals surface area contributed by atoms with Gasteiger partial charge in [-0.3, -0.25) is 0 Å². The Morgan fingerprint density at radius 2 is 2.30 bits per heavy atom. The smallest absolute Gasteiger partial charge is 0.102 e. The fourth-order valence-corrected chi connectivity index (χ4v) is 3.37. The van der Waals surface area contributed by atoms with E-state index in [0.29, 0.717) is 11.5 Å². The Hall–Kier alpha value is -1.18. The molecule has 4 heteroatoms. The Morgan fingerprint density at radius 1 is 1.50 bits per heavy atom. The van der Waals surface area contributed by atoms with Gasteiger partial charge in [-0.05, 0) is 43.2 Å². The van der Waals surface area contributed by atoms with E-state index in [1.165, 1.54) is 12.8 Å². The number of piperidine rings is 1. The number of hydrogen-bond acceptors (Lipinski definition) is 4. The van der Waals surface area contributed by atoms with Gasteiger partial charge in [0, 0.05) is 17.5 Å². The van der Waals surface area contributed by atoms with Crippen LogP contribution in [-0.4, -0.2) is 25.4 Å². The Morgan fingerprint density at radius 3 is 2.95 bits per heavy atom. The van der Waals surface area contributed by atoms with Crippen molar-refractivity contribution in [2.24, 2.45) is 5.41 Å². The normalized spacial score (nSPS) is 21.2. The minimum absolute atomic E-state index is 0.301. The molecule has 0 radical (unpaired) electrons. The quantitative estimate of drug-likeness (QED) is 0.833. The number of nitrogens with one attached hydrogen (secondary N) is 2. The van der Waals surface area contributed by atoms with E-state index >= 15 is 0 Å². The first-order valence-electron chi connectivity index (χ1n) is 7.13. The fraction of sp³-hybridized carbons (Fsp3) is 0.562. The van der Waals surface area contributed by atoms with Crippen molar-refractivity contribution >= 4 is 17.4 Å². The van der Waals surface area contributed by atoms with Crippen molar-refractivity contribution in [3.8, 4) is 6.07 Å². The Bertz CT molecular complexity index is 505. The highest BCUT2D eigenvalue weighted by atomic mass is 32.2. The van der Waals surface area contributed by atoms with Crippen LogP contribution < -0.4 is 10.6 Å². The maximum atomic E-state index is 9.35. The average molecular weight is 289 g/mol. The van der Waals surface area contributed by atoms with Crippen molar-refractivity contribution in [3.63, 3.8) is 0 Å². The number of rotatable bonds is 4. The monoisotopic (exact) mass is 289 g/mol. The van der Waals surface area contributed by atoms with Gasteiger partial charge in [0.25, 0.3) is 0 Å². The Balaban J connectivity index is 2.09. The zero-order chi connectivity index (χ0) is 14.6. The fourth-order valence-electron chi connectivity index (χ4n) is 2.80. The summed E-state index contributed by atoms with van der Waals surface area (Å²) in [6.45, 7) is 6.58. The van der Waals surface area contributed by atoms with Gasteiger partial charge in [0.2, 0.25) is 0 Å². The molecule has 1 heterocycles. The van der Waals surface area contributed by atoms with Crippen molar-refractivity contribution in [1.82, 2.24) is 5.32 Å². The largest absolute Gasteiger partial charge is 0.382 e. The lowest BCUT2D eigenvalue weighted by Crippen LogP contribution is -2.50. The van der Waals surface area contributed by atoms with Gasteiger partial charge in [0.15, 0.2) is 0 Å². The van der Waals surface area contributed by atoms with Gasteiger partial charge < -0.3 is 10.6 Å². The minimum Gasteiger partial charge on any atom is -0.382 e. The van der Waals surface area contributed by atoms with E-state index in [9.17, 15) is 5.26 Å². The number of benzene rings is 1. The highest BCUT2D eigenvalue weighted by Crippen LogP contribution is 2.31. The van der Waals surface area contributed by atoms with Crippen molar-refractivity contribution in [1.29, 1.82) is 5.26 Å². The van der Waals surface area contributed by atoms with E-state index in [-0.39, 0.29) is 0 Å². The molecular formula is C16H23N3S. The van der Waals surface area contributed by atoms with Crippen molar-refractivity contribution in [3.05, 3.63) is 23.8 Å². The second kappa shape index (κ2) is 6.51. The lowest BCUT2D eigenvalue weighted by Gasteiger charge is -2.39. The van der Waals surface area contributed by atoms with Crippen LogP contribution in [-0.2, 0) is 0 Å². The summed E-state index contributed by atoms with van der Waals surface area (Å²) in [4.78, 5) is 1.04. The van der Waals surface area contributed by atoms with Crippen LogP contribution in [0.1, 0.15) is 32.3 Å². The van der Waals surface area contributed by atoms with Crippen LogP contribution >= 0.6 is 11.8 Å². The van der Waals surface area contributed by atoms with Crippen molar-refractivity contribution < 1.29 is 0 Å². The molecule has 0 amide bonds. The molecule has 1 saturated heterocycles. The van der Waals surface area contributed by atoms with Gasteiger partial charge in [-0.2, -0.15) is 5.26 Å². The van der Waals surface area contributed by atoms with Crippen LogP contribution in [0.3, 0.4) is 0 Å². The summed E-state index contributed by atoms with van der Waals surface area (Å²) in [6.07, 6.45) is 4.50.